The molecule has 0 spiro atoms. The Morgan fingerprint density at radius 3 is 2.10 bits per heavy atom. The van der Waals surface area contributed by atoms with Crippen LogP contribution in [0.3, 0.4) is 0 Å². The fraction of sp³-hybridized carbons (Fsp3) is 0.308. The Morgan fingerprint density at radius 1 is 1.15 bits per heavy atom. The molecule has 7 nitrogen and oxygen atoms in total. The molecule has 0 saturated heterocycles. The summed E-state index contributed by atoms with van der Waals surface area (Å²) in [5, 5.41) is 13.8. The third-order valence-corrected chi connectivity index (χ3v) is 2.65. The number of carboxylic acid groups (broad SMARTS) is 1. The van der Waals surface area contributed by atoms with Crippen molar-refractivity contribution in [2.24, 2.45) is 11.7 Å². The van der Waals surface area contributed by atoms with Gasteiger partial charge in [-0.15, -0.1) is 0 Å². The van der Waals surface area contributed by atoms with Gasteiger partial charge in [-0.05, 0) is 30.2 Å². The zero-order valence-electron chi connectivity index (χ0n) is 11.2. The van der Waals surface area contributed by atoms with Gasteiger partial charge < -0.3 is 21.5 Å². The van der Waals surface area contributed by atoms with E-state index >= 15 is 0 Å². The Bertz CT molecular complexity index is 511. The zero-order chi connectivity index (χ0) is 15.3. The van der Waals surface area contributed by atoms with Crippen LogP contribution in [-0.4, -0.2) is 29.1 Å². The molecule has 5 N–H and O–H groups in total. The Morgan fingerprint density at radius 2 is 1.70 bits per heavy atom. The molecule has 0 aromatic heterocycles. The van der Waals surface area contributed by atoms with Crippen molar-refractivity contribution in [2.75, 3.05) is 5.32 Å². The number of anilines is 1. The number of carbonyl (C=O) groups is 3. The smallest absolute Gasteiger partial charge is 0.326 e. The lowest BCUT2D eigenvalue weighted by Gasteiger charge is -2.18. The maximum absolute atomic E-state index is 11.7. The van der Waals surface area contributed by atoms with Crippen molar-refractivity contribution in [3.8, 4) is 0 Å². The van der Waals surface area contributed by atoms with Crippen molar-refractivity contribution in [3.05, 3.63) is 29.8 Å². The Balaban J connectivity index is 2.66. The second-order valence-electron chi connectivity index (χ2n) is 4.60. The predicted molar refractivity (Wildman–Crippen MR) is 73.4 cm³/mol. The lowest BCUT2D eigenvalue weighted by Crippen LogP contribution is -2.46. The highest BCUT2D eigenvalue weighted by Gasteiger charge is 2.23. The van der Waals surface area contributed by atoms with Gasteiger partial charge in [0.15, 0.2) is 0 Å². The monoisotopic (exact) mass is 279 g/mol. The third kappa shape index (κ3) is 4.27. The SMILES string of the molecule is CC(C)C(NC(=O)Nc1ccc(C(N)=O)cc1)C(=O)O. The van der Waals surface area contributed by atoms with E-state index in [1.165, 1.54) is 24.3 Å². The molecule has 0 fully saturated rings. The molecule has 0 saturated carbocycles. The number of carbonyl (C=O) groups excluding carboxylic acids is 2. The lowest BCUT2D eigenvalue weighted by atomic mass is 10.1. The normalized spacial score (nSPS) is 11.8. The molecule has 0 heterocycles. The summed E-state index contributed by atoms with van der Waals surface area (Å²) >= 11 is 0. The average molecular weight is 279 g/mol. The van der Waals surface area contributed by atoms with Crippen LogP contribution in [0.5, 0.6) is 0 Å². The van der Waals surface area contributed by atoms with Crippen molar-refractivity contribution >= 4 is 23.6 Å². The first-order chi connectivity index (χ1) is 9.31. The van der Waals surface area contributed by atoms with Crippen molar-refractivity contribution in [1.29, 1.82) is 0 Å². The molecule has 20 heavy (non-hydrogen) atoms. The fourth-order valence-electron chi connectivity index (χ4n) is 1.54. The van der Waals surface area contributed by atoms with Gasteiger partial charge in [0.2, 0.25) is 5.91 Å². The van der Waals surface area contributed by atoms with E-state index in [2.05, 4.69) is 10.6 Å². The number of nitrogens with two attached hydrogens (primary N) is 1. The average Bonchev–Trinajstić information content (AvgIpc) is 2.35. The summed E-state index contributed by atoms with van der Waals surface area (Å²) in [5.74, 6) is -1.90. The van der Waals surface area contributed by atoms with Crippen LogP contribution in [0.1, 0.15) is 24.2 Å². The fourth-order valence-corrected chi connectivity index (χ4v) is 1.54. The molecule has 1 rings (SSSR count). The summed E-state index contributed by atoms with van der Waals surface area (Å²) in [4.78, 5) is 33.5. The van der Waals surface area contributed by atoms with Gasteiger partial charge in [-0.1, -0.05) is 13.8 Å². The standard InChI is InChI=1S/C13H17N3O4/c1-7(2)10(12(18)19)16-13(20)15-9-5-3-8(4-6-9)11(14)17/h3-7,10H,1-2H3,(H2,14,17)(H,18,19)(H2,15,16,20). The Kier molecular flexibility index (Phi) is 5.08. The van der Waals surface area contributed by atoms with E-state index in [1.807, 2.05) is 0 Å². The van der Waals surface area contributed by atoms with Gasteiger partial charge in [0.25, 0.3) is 0 Å². The van der Waals surface area contributed by atoms with Crippen molar-refractivity contribution in [3.63, 3.8) is 0 Å². The van der Waals surface area contributed by atoms with Gasteiger partial charge in [-0.3, -0.25) is 4.79 Å². The number of nitrogens with one attached hydrogen (secondary N) is 2. The van der Waals surface area contributed by atoms with E-state index in [4.69, 9.17) is 10.8 Å². The number of primary amides is 1. The minimum Gasteiger partial charge on any atom is -0.480 e. The number of aliphatic carboxylic acids is 1. The highest BCUT2D eigenvalue weighted by molar-refractivity contribution is 5.95. The molecule has 0 aliphatic heterocycles. The minimum atomic E-state index is -1.10. The molecule has 0 aliphatic carbocycles. The van der Waals surface area contributed by atoms with Gasteiger partial charge in [0.1, 0.15) is 6.04 Å². The number of amides is 3. The van der Waals surface area contributed by atoms with Crippen LogP contribution >= 0.6 is 0 Å². The van der Waals surface area contributed by atoms with Gasteiger partial charge in [-0.25, -0.2) is 9.59 Å². The number of hydrogen-bond acceptors (Lipinski definition) is 3. The third-order valence-electron chi connectivity index (χ3n) is 2.65. The van der Waals surface area contributed by atoms with Gasteiger partial charge in [-0.2, -0.15) is 0 Å². The Labute approximate surface area is 116 Å². The van der Waals surface area contributed by atoms with E-state index in [0.717, 1.165) is 0 Å². The maximum atomic E-state index is 11.7. The maximum Gasteiger partial charge on any atom is 0.326 e. The molecular formula is C13H17N3O4. The first kappa shape index (κ1) is 15.5. The summed E-state index contributed by atoms with van der Waals surface area (Å²) in [5.41, 5.74) is 5.85. The molecule has 1 atom stereocenters. The van der Waals surface area contributed by atoms with Crippen LogP contribution in [0.2, 0.25) is 0 Å². The van der Waals surface area contributed by atoms with Crippen LogP contribution in [0.4, 0.5) is 10.5 Å². The molecule has 108 valence electrons. The van der Waals surface area contributed by atoms with Gasteiger partial charge in [0, 0.05) is 11.3 Å². The molecule has 0 radical (unpaired) electrons. The highest BCUT2D eigenvalue weighted by atomic mass is 16.4. The Hall–Kier alpha value is -2.57. The van der Waals surface area contributed by atoms with E-state index in [-0.39, 0.29) is 5.92 Å². The second kappa shape index (κ2) is 6.55. The molecule has 3 amide bonds. The van der Waals surface area contributed by atoms with Crippen LogP contribution in [0.25, 0.3) is 0 Å². The predicted octanol–water partition coefficient (Wildman–Crippen LogP) is 1.02. The molecule has 1 aromatic rings. The van der Waals surface area contributed by atoms with Crippen LogP contribution in [0.15, 0.2) is 24.3 Å². The van der Waals surface area contributed by atoms with Gasteiger partial charge >= 0.3 is 12.0 Å². The van der Waals surface area contributed by atoms with Crippen molar-refractivity contribution < 1.29 is 19.5 Å². The van der Waals surface area contributed by atoms with Crippen molar-refractivity contribution in [2.45, 2.75) is 19.9 Å². The van der Waals surface area contributed by atoms with E-state index in [0.29, 0.717) is 11.3 Å². The highest BCUT2D eigenvalue weighted by Crippen LogP contribution is 2.09. The first-order valence-corrected chi connectivity index (χ1v) is 6.01. The number of urea groups is 1. The van der Waals surface area contributed by atoms with E-state index in [9.17, 15) is 14.4 Å². The quantitative estimate of drug-likeness (QED) is 0.642. The molecule has 0 aliphatic rings. The molecule has 7 heteroatoms. The van der Waals surface area contributed by atoms with E-state index in [1.54, 1.807) is 13.8 Å². The summed E-state index contributed by atoms with van der Waals surface area (Å²) < 4.78 is 0. The van der Waals surface area contributed by atoms with Crippen molar-refractivity contribution in [1.82, 2.24) is 5.32 Å². The largest absolute Gasteiger partial charge is 0.480 e. The van der Waals surface area contributed by atoms with Crippen LogP contribution < -0.4 is 16.4 Å². The number of hydrogen-bond donors (Lipinski definition) is 4. The summed E-state index contributed by atoms with van der Waals surface area (Å²) in [7, 11) is 0. The molecule has 1 aromatic carbocycles. The molecule has 1 unspecified atom stereocenters. The summed E-state index contributed by atoms with van der Waals surface area (Å²) in [6.07, 6.45) is 0. The van der Waals surface area contributed by atoms with Crippen LogP contribution in [-0.2, 0) is 4.79 Å². The number of rotatable bonds is 5. The minimum absolute atomic E-state index is 0.240. The first-order valence-electron chi connectivity index (χ1n) is 6.01. The second-order valence-corrected chi connectivity index (χ2v) is 4.60. The van der Waals surface area contributed by atoms with Crippen LogP contribution in [0, 0.1) is 5.92 Å². The molecule has 0 bridgehead atoms. The van der Waals surface area contributed by atoms with Gasteiger partial charge in [0.05, 0.1) is 0 Å². The summed E-state index contributed by atoms with van der Waals surface area (Å²) in [6, 6.07) is 4.34. The lowest BCUT2D eigenvalue weighted by molar-refractivity contribution is -0.140. The number of carboxylic acids is 1. The molecular weight excluding hydrogens is 262 g/mol. The summed E-state index contributed by atoms with van der Waals surface area (Å²) in [6.45, 7) is 3.39. The number of benzene rings is 1. The topological polar surface area (TPSA) is 122 Å². The van der Waals surface area contributed by atoms with E-state index < -0.39 is 23.9 Å². The zero-order valence-corrected chi connectivity index (χ0v) is 11.2.